The molecule has 2 N–H and O–H groups in total. The Labute approximate surface area is 227 Å². The lowest BCUT2D eigenvalue weighted by Gasteiger charge is -2.39. The molecule has 1 heterocycles. The fourth-order valence-electron chi connectivity index (χ4n) is 5.34. The number of amides is 1. The number of fused-ring (bicyclic) bond motifs is 3. The first-order chi connectivity index (χ1) is 17.7. The van der Waals surface area contributed by atoms with E-state index in [2.05, 4.69) is 39.4 Å². The van der Waals surface area contributed by atoms with Crippen LogP contribution in [0.3, 0.4) is 0 Å². The first-order valence-electron chi connectivity index (χ1n) is 12.5. The Bertz CT molecular complexity index is 1250. The molecule has 0 bridgehead atoms. The number of hydrogen-bond donors (Lipinski definition) is 2. The number of β-amino-alcohol motifs (C(OH)–C–C–N with tert-alkyl or cyclic N) is 1. The van der Waals surface area contributed by atoms with E-state index in [1.807, 2.05) is 38.1 Å². The molecule has 1 aliphatic carbocycles. The van der Waals surface area contributed by atoms with Crippen LogP contribution in [-0.2, 0) is 4.74 Å². The van der Waals surface area contributed by atoms with Crippen LogP contribution < -0.4 is 10.2 Å². The third-order valence-corrected chi connectivity index (χ3v) is 7.66. The maximum absolute atomic E-state index is 13.0. The van der Waals surface area contributed by atoms with Gasteiger partial charge in [0.15, 0.2) is 0 Å². The van der Waals surface area contributed by atoms with Crippen molar-refractivity contribution in [1.82, 2.24) is 4.90 Å². The van der Waals surface area contributed by atoms with E-state index in [0.717, 1.165) is 43.0 Å². The SMILES string of the molecule is CC(C)(O)CN1CCN(c2cc(Cl)c(Cl)cc2NC(=O)OCC2c3ccccc3-c3ccccc32)CC1. The summed E-state index contributed by atoms with van der Waals surface area (Å²) in [5.41, 5.74) is 5.30. The topological polar surface area (TPSA) is 65.0 Å². The predicted molar refractivity (Wildman–Crippen MR) is 150 cm³/mol. The average Bonchev–Trinajstić information content (AvgIpc) is 3.18. The summed E-state index contributed by atoms with van der Waals surface area (Å²) in [5.74, 6) is -0.0183. The van der Waals surface area contributed by atoms with Crippen molar-refractivity contribution in [2.24, 2.45) is 0 Å². The van der Waals surface area contributed by atoms with E-state index >= 15 is 0 Å². The van der Waals surface area contributed by atoms with Crippen molar-refractivity contribution in [3.05, 3.63) is 81.8 Å². The number of hydrogen-bond acceptors (Lipinski definition) is 5. The van der Waals surface area contributed by atoms with Crippen molar-refractivity contribution in [2.75, 3.05) is 49.5 Å². The molecule has 3 aromatic carbocycles. The molecular weight excluding hydrogens is 509 g/mol. The van der Waals surface area contributed by atoms with E-state index in [-0.39, 0.29) is 12.5 Å². The number of ether oxygens (including phenoxy) is 1. The van der Waals surface area contributed by atoms with Gasteiger partial charge in [0.1, 0.15) is 6.61 Å². The van der Waals surface area contributed by atoms with E-state index in [1.165, 1.54) is 11.1 Å². The first-order valence-corrected chi connectivity index (χ1v) is 13.3. The van der Waals surface area contributed by atoms with Crippen molar-refractivity contribution in [3.63, 3.8) is 0 Å². The van der Waals surface area contributed by atoms with Crippen LogP contribution in [0.15, 0.2) is 60.7 Å². The van der Waals surface area contributed by atoms with Gasteiger partial charge < -0.3 is 14.7 Å². The van der Waals surface area contributed by atoms with E-state index < -0.39 is 11.7 Å². The quantitative estimate of drug-likeness (QED) is 0.387. The molecule has 0 radical (unpaired) electrons. The zero-order valence-corrected chi connectivity index (χ0v) is 22.5. The number of halogens is 2. The van der Waals surface area contributed by atoms with Crippen LogP contribution in [0.4, 0.5) is 16.2 Å². The van der Waals surface area contributed by atoms with Gasteiger partial charge in [-0.05, 0) is 48.2 Å². The standard InChI is InChI=1S/C29H31Cl2N3O3/c1-29(2,36)18-33-11-13-34(14-12-33)27-16-25(31)24(30)15-26(27)32-28(35)37-17-23-21-9-5-3-7-19(21)20-8-4-6-10-22(20)23/h3-10,15-16,23,36H,11-14,17-18H2,1-2H3,(H,32,35). The van der Waals surface area contributed by atoms with Gasteiger partial charge >= 0.3 is 6.09 Å². The molecule has 2 aliphatic rings. The highest BCUT2D eigenvalue weighted by atomic mass is 35.5. The maximum Gasteiger partial charge on any atom is 0.411 e. The highest BCUT2D eigenvalue weighted by molar-refractivity contribution is 6.42. The molecule has 8 heteroatoms. The monoisotopic (exact) mass is 539 g/mol. The second kappa shape index (κ2) is 10.5. The summed E-state index contributed by atoms with van der Waals surface area (Å²) >= 11 is 12.7. The molecule has 1 saturated heterocycles. The minimum absolute atomic E-state index is 0.0183. The van der Waals surface area contributed by atoms with Crippen LogP contribution in [0.2, 0.25) is 10.0 Å². The molecule has 0 unspecified atom stereocenters. The molecule has 0 aromatic heterocycles. The summed E-state index contributed by atoms with van der Waals surface area (Å²) in [6.07, 6.45) is -0.540. The Morgan fingerprint density at radius 3 is 2.14 bits per heavy atom. The summed E-state index contributed by atoms with van der Waals surface area (Å²) in [6.45, 7) is 7.49. The van der Waals surface area contributed by atoms with Crippen LogP contribution in [0.25, 0.3) is 11.1 Å². The van der Waals surface area contributed by atoms with Crippen molar-refractivity contribution in [1.29, 1.82) is 0 Å². The molecule has 1 fully saturated rings. The molecule has 0 saturated carbocycles. The molecule has 1 aliphatic heterocycles. The predicted octanol–water partition coefficient (Wildman–Crippen LogP) is 6.25. The maximum atomic E-state index is 13.0. The molecule has 1 amide bonds. The number of carbonyl (C=O) groups is 1. The Morgan fingerprint density at radius 2 is 1.54 bits per heavy atom. The number of nitrogens with one attached hydrogen (secondary N) is 1. The Morgan fingerprint density at radius 1 is 0.973 bits per heavy atom. The smallest absolute Gasteiger partial charge is 0.411 e. The van der Waals surface area contributed by atoms with Crippen molar-refractivity contribution in [3.8, 4) is 11.1 Å². The molecule has 0 spiro atoms. The molecule has 37 heavy (non-hydrogen) atoms. The number of nitrogens with zero attached hydrogens (tertiary/aromatic N) is 2. The molecule has 194 valence electrons. The second-order valence-corrected chi connectivity index (χ2v) is 11.1. The number of aliphatic hydroxyl groups is 1. The zero-order chi connectivity index (χ0) is 26.2. The van der Waals surface area contributed by atoms with Gasteiger partial charge in [-0.15, -0.1) is 0 Å². The van der Waals surface area contributed by atoms with Crippen molar-refractivity contribution < 1.29 is 14.6 Å². The molecule has 3 aromatic rings. The number of rotatable bonds is 6. The molecule has 6 nitrogen and oxygen atoms in total. The van der Waals surface area contributed by atoms with E-state index in [1.54, 1.807) is 12.1 Å². The van der Waals surface area contributed by atoms with Gasteiger partial charge in [-0.25, -0.2) is 4.79 Å². The van der Waals surface area contributed by atoms with Gasteiger partial charge in [0.2, 0.25) is 0 Å². The first kappa shape index (κ1) is 25.9. The van der Waals surface area contributed by atoms with Crippen LogP contribution >= 0.6 is 23.2 Å². The Balaban J connectivity index is 1.28. The largest absolute Gasteiger partial charge is 0.448 e. The highest BCUT2D eigenvalue weighted by Crippen LogP contribution is 2.44. The van der Waals surface area contributed by atoms with E-state index in [9.17, 15) is 9.90 Å². The Kier molecular flexibility index (Phi) is 7.37. The van der Waals surface area contributed by atoms with Crippen molar-refractivity contribution >= 4 is 40.7 Å². The summed E-state index contributed by atoms with van der Waals surface area (Å²) in [6, 6.07) is 19.9. The molecule has 0 atom stereocenters. The number of piperazine rings is 1. The van der Waals surface area contributed by atoms with Crippen LogP contribution in [0.1, 0.15) is 30.9 Å². The molecular formula is C29H31Cl2N3O3. The number of anilines is 2. The summed E-state index contributed by atoms with van der Waals surface area (Å²) < 4.78 is 5.75. The summed E-state index contributed by atoms with van der Waals surface area (Å²) in [7, 11) is 0. The lowest BCUT2D eigenvalue weighted by Crippen LogP contribution is -2.50. The fraction of sp³-hybridized carbons (Fsp3) is 0.345. The average molecular weight is 540 g/mol. The van der Waals surface area contributed by atoms with Gasteiger partial charge in [0.25, 0.3) is 0 Å². The Hall–Kier alpha value is -2.77. The van der Waals surface area contributed by atoms with Gasteiger partial charge in [-0.3, -0.25) is 10.2 Å². The van der Waals surface area contributed by atoms with Crippen molar-refractivity contribution in [2.45, 2.75) is 25.4 Å². The van der Waals surface area contributed by atoms with Crippen LogP contribution in [-0.4, -0.2) is 61.0 Å². The zero-order valence-electron chi connectivity index (χ0n) is 21.0. The third-order valence-electron chi connectivity index (χ3n) is 6.94. The van der Waals surface area contributed by atoms with Gasteiger partial charge in [0.05, 0.1) is 27.0 Å². The van der Waals surface area contributed by atoms with E-state index in [0.29, 0.717) is 22.3 Å². The minimum Gasteiger partial charge on any atom is -0.448 e. The minimum atomic E-state index is -0.747. The van der Waals surface area contributed by atoms with Crippen LogP contribution in [0, 0.1) is 0 Å². The van der Waals surface area contributed by atoms with Crippen LogP contribution in [0.5, 0.6) is 0 Å². The lowest BCUT2D eigenvalue weighted by atomic mass is 9.98. The van der Waals surface area contributed by atoms with E-state index in [4.69, 9.17) is 27.9 Å². The van der Waals surface area contributed by atoms with Gasteiger partial charge in [-0.2, -0.15) is 0 Å². The number of benzene rings is 3. The normalized spacial score (nSPS) is 15.9. The second-order valence-electron chi connectivity index (χ2n) is 10.3. The summed E-state index contributed by atoms with van der Waals surface area (Å²) in [5, 5.41) is 13.8. The molecule has 5 rings (SSSR count). The van der Waals surface area contributed by atoms with Gasteiger partial charge in [-0.1, -0.05) is 71.7 Å². The third kappa shape index (κ3) is 5.73. The highest BCUT2D eigenvalue weighted by Gasteiger charge is 2.29. The van der Waals surface area contributed by atoms with Gasteiger partial charge in [0, 0.05) is 38.6 Å². The fourth-order valence-corrected chi connectivity index (χ4v) is 5.66. The summed E-state index contributed by atoms with van der Waals surface area (Å²) in [4.78, 5) is 17.4. The lowest BCUT2D eigenvalue weighted by molar-refractivity contribution is 0.0345. The number of carbonyl (C=O) groups excluding carboxylic acids is 1.